The molecule has 8 heteroatoms. The molecule has 26 heavy (non-hydrogen) atoms. The second kappa shape index (κ2) is 8.21. The summed E-state index contributed by atoms with van der Waals surface area (Å²) in [5.74, 6) is -0.0636. The fraction of sp³-hybridized carbons (Fsp3) is 0.389. The van der Waals surface area contributed by atoms with Gasteiger partial charge in [-0.1, -0.05) is 18.2 Å². The molecule has 0 N–H and O–H groups in total. The van der Waals surface area contributed by atoms with Gasteiger partial charge in [0.1, 0.15) is 4.21 Å². The number of para-hydroxylation sites is 1. The lowest BCUT2D eigenvalue weighted by Gasteiger charge is -2.33. The van der Waals surface area contributed by atoms with Gasteiger partial charge in [-0.25, -0.2) is 8.42 Å². The third-order valence-corrected chi connectivity index (χ3v) is 8.59. The quantitative estimate of drug-likeness (QED) is 0.683. The van der Waals surface area contributed by atoms with Crippen molar-refractivity contribution in [1.82, 2.24) is 4.31 Å². The van der Waals surface area contributed by atoms with Gasteiger partial charge in [0.2, 0.25) is 5.91 Å². The van der Waals surface area contributed by atoms with E-state index in [1.807, 2.05) is 37.3 Å². The smallest absolute Gasteiger partial charge is 0.252 e. The summed E-state index contributed by atoms with van der Waals surface area (Å²) in [6, 6.07) is 13.0. The first-order valence-corrected chi connectivity index (χ1v) is 11.6. The Morgan fingerprint density at radius 2 is 1.85 bits per heavy atom. The summed E-state index contributed by atoms with van der Waals surface area (Å²) in [5, 5.41) is 0. The highest BCUT2D eigenvalue weighted by molar-refractivity contribution is 9.11. The van der Waals surface area contributed by atoms with Crippen molar-refractivity contribution in [2.45, 2.75) is 24.0 Å². The monoisotopic (exact) mass is 456 g/mol. The molecule has 0 spiro atoms. The van der Waals surface area contributed by atoms with E-state index in [0.29, 0.717) is 36.7 Å². The zero-order valence-electron chi connectivity index (χ0n) is 14.5. The van der Waals surface area contributed by atoms with E-state index in [1.165, 1.54) is 15.6 Å². The minimum atomic E-state index is -3.47. The number of hydrogen-bond acceptors (Lipinski definition) is 4. The number of thiophene rings is 1. The molecule has 1 aliphatic rings. The summed E-state index contributed by atoms with van der Waals surface area (Å²) < 4.78 is 28.0. The summed E-state index contributed by atoms with van der Waals surface area (Å²) >= 11 is 4.52. The second-order valence-electron chi connectivity index (χ2n) is 6.15. The normalized spacial score (nSPS) is 16.5. The van der Waals surface area contributed by atoms with Crippen LogP contribution in [0.3, 0.4) is 0 Å². The number of piperidine rings is 1. The van der Waals surface area contributed by atoms with Gasteiger partial charge >= 0.3 is 0 Å². The van der Waals surface area contributed by atoms with Gasteiger partial charge in [0.15, 0.2) is 0 Å². The Morgan fingerprint density at radius 3 is 2.38 bits per heavy atom. The van der Waals surface area contributed by atoms with E-state index in [2.05, 4.69) is 15.9 Å². The molecule has 2 heterocycles. The molecule has 1 saturated heterocycles. The molecule has 1 fully saturated rings. The number of carbonyl (C=O) groups excluding carboxylic acids is 1. The van der Waals surface area contributed by atoms with Crippen LogP contribution >= 0.6 is 27.3 Å². The SMILES string of the molecule is CCN(C(=O)C1CCN(S(=O)(=O)c2ccc(Br)s2)CC1)c1ccccc1. The topological polar surface area (TPSA) is 57.7 Å². The minimum absolute atomic E-state index is 0.0783. The number of rotatable bonds is 5. The van der Waals surface area contributed by atoms with Crippen LogP contribution in [-0.2, 0) is 14.8 Å². The summed E-state index contributed by atoms with van der Waals surface area (Å²) in [4.78, 5) is 14.7. The van der Waals surface area contributed by atoms with Crippen molar-refractivity contribution in [2.75, 3.05) is 24.5 Å². The van der Waals surface area contributed by atoms with Crippen molar-refractivity contribution in [1.29, 1.82) is 0 Å². The van der Waals surface area contributed by atoms with Gasteiger partial charge in [0, 0.05) is 31.2 Å². The average Bonchev–Trinajstić information content (AvgIpc) is 3.10. The minimum Gasteiger partial charge on any atom is -0.312 e. The van der Waals surface area contributed by atoms with Crippen molar-refractivity contribution in [3.63, 3.8) is 0 Å². The maximum Gasteiger partial charge on any atom is 0.252 e. The molecular weight excluding hydrogens is 436 g/mol. The first-order valence-electron chi connectivity index (χ1n) is 8.55. The van der Waals surface area contributed by atoms with Crippen LogP contribution in [0, 0.1) is 5.92 Å². The van der Waals surface area contributed by atoms with Gasteiger partial charge in [-0.3, -0.25) is 4.79 Å². The molecule has 0 saturated carbocycles. The van der Waals surface area contributed by atoms with Crippen LogP contribution < -0.4 is 4.90 Å². The van der Waals surface area contributed by atoms with Crippen LogP contribution in [0.1, 0.15) is 19.8 Å². The van der Waals surface area contributed by atoms with Crippen LogP contribution in [0.2, 0.25) is 0 Å². The molecule has 0 bridgehead atoms. The molecule has 140 valence electrons. The zero-order valence-corrected chi connectivity index (χ0v) is 17.7. The van der Waals surface area contributed by atoms with Crippen LogP contribution in [0.4, 0.5) is 5.69 Å². The van der Waals surface area contributed by atoms with Gasteiger partial charge in [-0.2, -0.15) is 4.31 Å². The van der Waals surface area contributed by atoms with E-state index in [1.54, 1.807) is 17.0 Å². The third-order valence-electron chi connectivity index (χ3n) is 4.60. The number of amides is 1. The fourth-order valence-corrected chi connectivity index (χ4v) is 6.83. The lowest BCUT2D eigenvalue weighted by atomic mass is 9.96. The molecule has 0 aliphatic carbocycles. The standard InChI is InChI=1S/C18H21BrN2O3S2/c1-2-21(15-6-4-3-5-7-15)18(22)14-10-12-20(13-11-14)26(23,24)17-9-8-16(19)25-17/h3-9,14H,2,10-13H2,1H3. The number of hydrogen-bond donors (Lipinski definition) is 0. The number of anilines is 1. The van der Waals surface area contributed by atoms with Gasteiger partial charge in [0.25, 0.3) is 10.0 Å². The number of carbonyl (C=O) groups is 1. The molecule has 1 aliphatic heterocycles. The van der Waals surface area contributed by atoms with Gasteiger partial charge in [-0.15, -0.1) is 11.3 Å². The predicted octanol–water partition coefficient (Wildman–Crippen LogP) is 3.96. The number of sulfonamides is 1. The van der Waals surface area contributed by atoms with Crippen molar-refractivity contribution < 1.29 is 13.2 Å². The van der Waals surface area contributed by atoms with Gasteiger partial charge < -0.3 is 4.90 Å². The van der Waals surface area contributed by atoms with Crippen molar-refractivity contribution in [3.8, 4) is 0 Å². The second-order valence-corrected chi connectivity index (χ2v) is 10.8. The van der Waals surface area contributed by atoms with E-state index < -0.39 is 10.0 Å². The molecule has 1 aromatic carbocycles. The van der Waals surface area contributed by atoms with E-state index in [4.69, 9.17) is 0 Å². The van der Waals surface area contributed by atoms with E-state index in [-0.39, 0.29) is 11.8 Å². The van der Waals surface area contributed by atoms with E-state index >= 15 is 0 Å². The van der Waals surface area contributed by atoms with Crippen molar-refractivity contribution in [3.05, 3.63) is 46.3 Å². The first kappa shape index (κ1) is 19.5. The highest BCUT2D eigenvalue weighted by atomic mass is 79.9. The number of nitrogens with zero attached hydrogens (tertiary/aromatic N) is 2. The molecule has 0 radical (unpaired) electrons. The predicted molar refractivity (Wildman–Crippen MR) is 108 cm³/mol. The van der Waals surface area contributed by atoms with Crippen molar-refractivity contribution in [2.24, 2.45) is 5.92 Å². The highest BCUT2D eigenvalue weighted by Crippen LogP contribution is 2.31. The summed E-state index contributed by atoms with van der Waals surface area (Å²) in [6.45, 7) is 3.31. The molecule has 1 amide bonds. The zero-order chi connectivity index (χ0) is 18.7. The summed E-state index contributed by atoms with van der Waals surface area (Å²) in [6.07, 6.45) is 1.10. The maximum absolute atomic E-state index is 12.9. The Kier molecular flexibility index (Phi) is 6.17. The van der Waals surface area contributed by atoms with Gasteiger partial charge in [-0.05, 0) is 60.0 Å². The summed E-state index contributed by atoms with van der Waals surface area (Å²) in [5.41, 5.74) is 0.887. The Balaban J connectivity index is 1.67. The van der Waals surface area contributed by atoms with Crippen molar-refractivity contribution >= 4 is 48.9 Å². The Hall–Kier alpha value is -1.22. The Labute approximate surface area is 166 Å². The van der Waals surface area contributed by atoms with E-state index in [0.717, 1.165) is 9.47 Å². The highest BCUT2D eigenvalue weighted by Gasteiger charge is 2.34. The lowest BCUT2D eigenvalue weighted by molar-refractivity contribution is -0.123. The molecule has 0 atom stereocenters. The maximum atomic E-state index is 12.9. The Bertz CT molecular complexity index is 860. The number of benzene rings is 1. The van der Waals surface area contributed by atoms with Crippen LogP contribution in [0.5, 0.6) is 0 Å². The number of halogens is 1. The fourth-order valence-electron chi connectivity index (χ4n) is 3.20. The first-order chi connectivity index (χ1) is 12.4. The molecule has 5 nitrogen and oxygen atoms in total. The molecular formula is C18H21BrN2O3S2. The molecule has 3 rings (SSSR count). The van der Waals surface area contributed by atoms with Gasteiger partial charge in [0.05, 0.1) is 3.79 Å². The largest absolute Gasteiger partial charge is 0.312 e. The van der Waals surface area contributed by atoms with E-state index in [9.17, 15) is 13.2 Å². The molecule has 2 aromatic rings. The molecule has 0 unspecified atom stereocenters. The summed E-state index contributed by atoms with van der Waals surface area (Å²) in [7, 11) is -3.47. The van der Waals surface area contributed by atoms with Crippen LogP contribution in [-0.4, -0.2) is 38.3 Å². The lowest BCUT2D eigenvalue weighted by Crippen LogP contribution is -2.44. The van der Waals surface area contributed by atoms with Crippen LogP contribution in [0.25, 0.3) is 0 Å². The average molecular weight is 457 g/mol. The third kappa shape index (κ3) is 4.03. The molecule has 1 aromatic heterocycles. The van der Waals surface area contributed by atoms with Crippen LogP contribution in [0.15, 0.2) is 50.5 Å². The Morgan fingerprint density at radius 1 is 1.19 bits per heavy atom.